The second kappa shape index (κ2) is 9.82. The first-order chi connectivity index (χ1) is 12.5. The van der Waals surface area contributed by atoms with Gasteiger partial charge in [0.1, 0.15) is 5.71 Å². The Morgan fingerprint density at radius 2 is 1.92 bits per heavy atom. The molecule has 142 valence electrons. The van der Waals surface area contributed by atoms with E-state index in [9.17, 15) is 9.59 Å². The fourth-order valence-corrected chi connectivity index (χ4v) is 4.79. The number of hydrogen-bond donors (Lipinski definition) is 1. The van der Waals surface area contributed by atoms with Crippen LogP contribution in [0.5, 0.6) is 0 Å². The van der Waals surface area contributed by atoms with E-state index in [-0.39, 0.29) is 11.7 Å². The van der Waals surface area contributed by atoms with Crippen LogP contribution in [-0.4, -0.2) is 36.5 Å². The summed E-state index contributed by atoms with van der Waals surface area (Å²) in [6.45, 7) is 9.41. The van der Waals surface area contributed by atoms with Gasteiger partial charge < -0.3 is 4.90 Å². The maximum atomic E-state index is 12.5. The summed E-state index contributed by atoms with van der Waals surface area (Å²) < 4.78 is 0. The standard InChI is InChI=1S/C20H30N3O2P/c1-5-7-9-23-17-12-15(4)14(3)11-16(17)22-18(19(25)21-13-24)20(23)26-10-8-6-2/h11-13,20,26H,5-10H2,1-4H3,(H,21,24,25). The number of unbranched alkanes of at least 4 members (excludes halogenated alkanes) is 2. The highest BCUT2D eigenvalue weighted by Crippen LogP contribution is 2.41. The van der Waals surface area contributed by atoms with Gasteiger partial charge in [0.2, 0.25) is 6.41 Å². The molecule has 2 atom stereocenters. The molecule has 2 rings (SSSR count). The molecular formula is C20H30N3O2P. The number of anilines is 1. The van der Waals surface area contributed by atoms with E-state index in [1.54, 1.807) is 0 Å². The minimum absolute atomic E-state index is 0.0531. The van der Waals surface area contributed by atoms with Crippen molar-refractivity contribution in [3.8, 4) is 0 Å². The molecule has 5 nitrogen and oxygen atoms in total. The van der Waals surface area contributed by atoms with Crippen molar-refractivity contribution in [3.05, 3.63) is 23.3 Å². The highest BCUT2D eigenvalue weighted by molar-refractivity contribution is 7.41. The summed E-state index contributed by atoms with van der Waals surface area (Å²) in [6, 6.07) is 4.23. The van der Waals surface area contributed by atoms with E-state index in [0.29, 0.717) is 20.7 Å². The van der Waals surface area contributed by atoms with Gasteiger partial charge in [-0.05, 0) is 56.1 Å². The Hall–Kier alpha value is -1.74. The molecule has 0 bridgehead atoms. The average Bonchev–Trinajstić information content (AvgIpc) is 2.62. The zero-order chi connectivity index (χ0) is 19.1. The van der Waals surface area contributed by atoms with Crippen molar-refractivity contribution in [1.82, 2.24) is 5.32 Å². The third-order valence-corrected chi connectivity index (χ3v) is 6.37. The Bertz CT molecular complexity index is 688. The van der Waals surface area contributed by atoms with E-state index in [1.807, 2.05) is 6.07 Å². The maximum Gasteiger partial charge on any atom is 0.274 e. The van der Waals surface area contributed by atoms with Crippen LogP contribution in [0.2, 0.25) is 0 Å². The number of amides is 2. The van der Waals surface area contributed by atoms with Crippen LogP contribution in [-0.2, 0) is 9.59 Å². The number of imide groups is 1. The average molecular weight is 375 g/mol. The second-order valence-electron chi connectivity index (χ2n) is 6.77. The molecule has 2 amide bonds. The number of nitrogens with zero attached hydrogens (tertiary/aromatic N) is 2. The van der Waals surface area contributed by atoms with Crippen molar-refractivity contribution < 1.29 is 9.59 Å². The lowest BCUT2D eigenvalue weighted by molar-refractivity contribution is -0.120. The van der Waals surface area contributed by atoms with Crippen LogP contribution in [0.25, 0.3) is 0 Å². The number of aliphatic imine (C=N–C) groups is 1. The quantitative estimate of drug-likeness (QED) is 0.402. The SMILES string of the molecule is CCCCPC1C(C(=O)NC=O)=Nc2cc(C)c(C)cc2N1CCCC. The molecule has 0 saturated carbocycles. The van der Waals surface area contributed by atoms with Gasteiger partial charge in [-0.15, -0.1) is 0 Å². The van der Waals surface area contributed by atoms with Crippen LogP contribution in [0.3, 0.4) is 0 Å². The Balaban J connectivity index is 2.49. The van der Waals surface area contributed by atoms with E-state index in [0.717, 1.165) is 55.3 Å². The van der Waals surface area contributed by atoms with Crippen molar-refractivity contribution in [1.29, 1.82) is 0 Å². The maximum absolute atomic E-state index is 12.5. The van der Waals surface area contributed by atoms with Gasteiger partial charge in [-0.1, -0.05) is 35.3 Å². The van der Waals surface area contributed by atoms with Gasteiger partial charge in [0, 0.05) is 6.54 Å². The third-order valence-electron chi connectivity index (χ3n) is 4.76. The third kappa shape index (κ3) is 4.70. The Labute approximate surface area is 158 Å². The van der Waals surface area contributed by atoms with E-state index in [1.165, 1.54) is 5.56 Å². The lowest BCUT2D eigenvalue weighted by atomic mass is 10.0. The first-order valence-corrected chi connectivity index (χ1v) is 10.8. The molecule has 1 aromatic rings. The zero-order valence-corrected chi connectivity index (χ0v) is 17.3. The fraction of sp³-hybridized carbons (Fsp3) is 0.550. The molecule has 1 aliphatic heterocycles. The molecule has 1 aliphatic rings. The molecule has 0 aromatic heterocycles. The predicted molar refractivity (Wildman–Crippen MR) is 111 cm³/mol. The van der Waals surface area contributed by atoms with Crippen LogP contribution >= 0.6 is 8.58 Å². The molecule has 0 aliphatic carbocycles. The molecule has 0 spiro atoms. The molecule has 0 radical (unpaired) electrons. The molecule has 0 fully saturated rings. The van der Waals surface area contributed by atoms with Crippen molar-refractivity contribution >= 4 is 38.0 Å². The zero-order valence-electron chi connectivity index (χ0n) is 16.3. The van der Waals surface area contributed by atoms with Gasteiger partial charge in [-0.25, -0.2) is 4.99 Å². The summed E-state index contributed by atoms with van der Waals surface area (Å²) in [5.41, 5.74) is 4.80. The van der Waals surface area contributed by atoms with Gasteiger partial charge in [0.25, 0.3) is 5.91 Å². The normalized spacial score (nSPS) is 16.5. The Morgan fingerprint density at radius 3 is 2.58 bits per heavy atom. The number of benzene rings is 1. The van der Waals surface area contributed by atoms with Crippen molar-refractivity contribution in [3.63, 3.8) is 0 Å². The number of hydrogen-bond acceptors (Lipinski definition) is 4. The smallest absolute Gasteiger partial charge is 0.274 e. The summed E-state index contributed by atoms with van der Waals surface area (Å²) in [5, 5.41) is 2.30. The topological polar surface area (TPSA) is 61.8 Å². The molecule has 26 heavy (non-hydrogen) atoms. The minimum Gasteiger partial charge on any atom is -0.357 e. The number of nitrogens with one attached hydrogen (secondary N) is 1. The van der Waals surface area contributed by atoms with Gasteiger partial charge >= 0.3 is 0 Å². The van der Waals surface area contributed by atoms with E-state index >= 15 is 0 Å². The summed E-state index contributed by atoms with van der Waals surface area (Å²) in [4.78, 5) is 30.4. The molecule has 1 heterocycles. The Kier molecular flexibility index (Phi) is 7.77. The summed E-state index contributed by atoms with van der Waals surface area (Å²) in [7, 11) is 0.582. The Morgan fingerprint density at radius 1 is 1.23 bits per heavy atom. The first-order valence-electron chi connectivity index (χ1n) is 9.47. The van der Waals surface area contributed by atoms with Crippen molar-refractivity contribution in [2.45, 2.75) is 59.2 Å². The number of aryl methyl sites for hydroxylation is 2. The lowest BCUT2D eigenvalue weighted by Gasteiger charge is -2.38. The predicted octanol–water partition coefficient (Wildman–Crippen LogP) is 4.07. The fourth-order valence-electron chi connectivity index (χ4n) is 3.09. The van der Waals surface area contributed by atoms with Crippen molar-refractivity contribution in [2.75, 3.05) is 17.6 Å². The van der Waals surface area contributed by atoms with E-state index in [4.69, 9.17) is 4.99 Å². The molecule has 1 aromatic carbocycles. The van der Waals surface area contributed by atoms with Crippen LogP contribution < -0.4 is 10.2 Å². The second-order valence-corrected chi connectivity index (χ2v) is 8.23. The van der Waals surface area contributed by atoms with Crippen LogP contribution in [0.1, 0.15) is 50.7 Å². The minimum atomic E-state index is -0.376. The number of rotatable bonds is 9. The van der Waals surface area contributed by atoms with Gasteiger partial charge in [-0.3, -0.25) is 14.9 Å². The summed E-state index contributed by atoms with van der Waals surface area (Å²) in [5.74, 6) is -0.429. The largest absolute Gasteiger partial charge is 0.357 e. The van der Waals surface area contributed by atoms with Crippen LogP contribution in [0.4, 0.5) is 11.4 Å². The highest BCUT2D eigenvalue weighted by Gasteiger charge is 2.33. The molecule has 6 heteroatoms. The molecular weight excluding hydrogens is 345 g/mol. The summed E-state index contributed by atoms with van der Waals surface area (Å²) in [6.07, 6.45) is 5.94. The first kappa shape index (κ1) is 20.6. The van der Waals surface area contributed by atoms with Gasteiger partial charge in [-0.2, -0.15) is 0 Å². The van der Waals surface area contributed by atoms with Crippen LogP contribution in [0.15, 0.2) is 17.1 Å². The van der Waals surface area contributed by atoms with Gasteiger partial charge in [0.15, 0.2) is 0 Å². The van der Waals surface area contributed by atoms with E-state index < -0.39 is 0 Å². The van der Waals surface area contributed by atoms with E-state index in [2.05, 4.69) is 44.0 Å². The number of carbonyl (C=O) groups excluding carboxylic acids is 2. The lowest BCUT2D eigenvalue weighted by Crippen LogP contribution is -2.47. The van der Waals surface area contributed by atoms with Crippen LogP contribution in [0, 0.1) is 13.8 Å². The van der Waals surface area contributed by atoms with Gasteiger partial charge in [0.05, 0.1) is 17.2 Å². The monoisotopic (exact) mass is 375 g/mol. The van der Waals surface area contributed by atoms with Crippen molar-refractivity contribution in [2.24, 2.45) is 4.99 Å². The number of fused-ring (bicyclic) bond motifs is 1. The molecule has 2 unspecified atom stereocenters. The summed E-state index contributed by atoms with van der Waals surface area (Å²) >= 11 is 0. The molecule has 0 saturated heterocycles. The molecule has 1 N–H and O–H groups in total. The highest BCUT2D eigenvalue weighted by atomic mass is 31.1. The number of carbonyl (C=O) groups is 2.